The SMILES string of the molecule is CC1CCCC(Sc2cccc(C#N)c2N)C1. The zero-order valence-electron chi connectivity index (χ0n) is 10.1. The Kier molecular flexibility index (Phi) is 3.96. The number of nitrogens with two attached hydrogens (primary N) is 1. The highest BCUT2D eigenvalue weighted by atomic mass is 32.2. The second kappa shape index (κ2) is 5.46. The number of thioether (sulfide) groups is 1. The van der Waals surface area contributed by atoms with Crippen LogP contribution < -0.4 is 5.73 Å². The van der Waals surface area contributed by atoms with Crippen LogP contribution in [0, 0.1) is 17.2 Å². The van der Waals surface area contributed by atoms with Gasteiger partial charge in [0.2, 0.25) is 0 Å². The quantitative estimate of drug-likeness (QED) is 0.807. The average Bonchev–Trinajstić information content (AvgIpc) is 2.32. The summed E-state index contributed by atoms with van der Waals surface area (Å²) < 4.78 is 0. The van der Waals surface area contributed by atoms with Crippen molar-refractivity contribution in [1.29, 1.82) is 5.26 Å². The van der Waals surface area contributed by atoms with Crippen LogP contribution >= 0.6 is 11.8 Å². The van der Waals surface area contributed by atoms with E-state index in [1.165, 1.54) is 25.7 Å². The summed E-state index contributed by atoms with van der Waals surface area (Å²) in [6.07, 6.45) is 5.20. The molecule has 1 aromatic rings. The van der Waals surface area contributed by atoms with Crippen molar-refractivity contribution in [3.05, 3.63) is 23.8 Å². The lowest BCUT2D eigenvalue weighted by atomic mass is 9.91. The van der Waals surface area contributed by atoms with Gasteiger partial charge in [-0.2, -0.15) is 5.26 Å². The number of benzene rings is 1. The number of nitriles is 1. The van der Waals surface area contributed by atoms with E-state index in [0.29, 0.717) is 16.5 Å². The van der Waals surface area contributed by atoms with E-state index in [2.05, 4.69) is 13.0 Å². The normalized spacial score (nSPS) is 24.2. The van der Waals surface area contributed by atoms with Crippen LogP contribution in [0.25, 0.3) is 0 Å². The highest BCUT2D eigenvalue weighted by molar-refractivity contribution is 8.00. The van der Waals surface area contributed by atoms with Crippen molar-refractivity contribution >= 4 is 17.4 Å². The van der Waals surface area contributed by atoms with E-state index in [-0.39, 0.29) is 0 Å². The minimum Gasteiger partial charge on any atom is -0.397 e. The Labute approximate surface area is 107 Å². The maximum Gasteiger partial charge on any atom is 0.101 e. The van der Waals surface area contributed by atoms with Gasteiger partial charge in [0.15, 0.2) is 0 Å². The van der Waals surface area contributed by atoms with Crippen molar-refractivity contribution in [1.82, 2.24) is 0 Å². The molecule has 1 aromatic carbocycles. The molecule has 2 atom stereocenters. The molecule has 90 valence electrons. The molecule has 2 rings (SSSR count). The molecule has 0 radical (unpaired) electrons. The van der Waals surface area contributed by atoms with E-state index in [9.17, 15) is 0 Å². The second-order valence-electron chi connectivity index (χ2n) is 4.84. The van der Waals surface area contributed by atoms with Gasteiger partial charge in [-0.3, -0.25) is 0 Å². The van der Waals surface area contributed by atoms with Crippen LogP contribution in [0.3, 0.4) is 0 Å². The Morgan fingerprint density at radius 1 is 1.41 bits per heavy atom. The van der Waals surface area contributed by atoms with E-state index < -0.39 is 0 Å². The van der Waals surface area contributed by atoms with E-state index in [1.807, 2.05) is 23.9 Å². The summed E-state index contributed by atoms with van der Waals surface area (Å²) in [5.41, 5.74) is 7.25. The highest BCUT2D eigenvalue weighted by Crippen LogP contribution is 2.38. The van der Waals surface area contributed by atoms with Gasteiger partial charge in [-0.1, -0.05) is 25.8 Å². The molecule has 0 aromatic heterocycles. The van der Waals surface area contributed by atoms with Gasteiger partial charge in [-0.25, -0.2) is 0 Å². The number of nitrogens with zero attached hydrogens (tertiary/aromatic N) is 1. The molecular formula is C14H18N2S. The van der Waals surface area contributed by atoms with Crippen molar-refractivity contribution in [2.75, 3.05) is 5.73 Å². The number of hydrogen-bond acceptors (Lipinski definition) is 3. The van der Waals surface area contributed by atoms with E-state index >= 15 is 0 Å². The van der Waals surface area contributed by atoms with Crippen LogP contribution in [0.2, 0.25) is 0 Å². The van der Waals surface area contributed by atoms with Crippen LogP contribution in [-0.4, -0.2) is 5.25 Å². The first-order valence-corrected chi connectivity index (χ1v) is 7.04. The minimum atomic E-state index is 0.596. The molecule has 3 heteroatoms. The average molecular weight is 246 g/mol. The molecule has 0 heterocycles. The number of hydrogen-bond donors (Lipinski definition) is 1. The first kappa shape index (κ1) is 12.3. The van der Waals surface area contributed by atoms with Crippen molar-refractivity contribution in [3.8, 4) is 6.07 Å². The zero-order chi connectivity index (χ0) is 12.3. The molecule has 1 fully saturated rings. The molecule has 1 saturated carbocycles. The lowest BCUT2D eigenvalue weighted by Gasteiger charge is -2.26. The first-order chi connectivity index (χ1) is 8.20. The van der Waals surface area contributed by atoms with Gasteiger partial charge in [0, 0.05) is 10.1 Å². The molecule has 17 heavy (non-hydrogen) atoms. The van der Waals surface area contributed by atoms with Gasteiger partial charge in [-0.15, -0.1) is 11.8 Å². The van der Waals surface area contributed by atoms with E-state index in [4.69, 9.17) is 11.0 Å². The Morgan fingerprint density at radius 3 is 2.94 bits per heavy atom. The van der Waals surface area contributed by atoms with Crippen LogP contribution in [0.4, 0.5) is 5.69 Å². The number of para-hydroxylation sites is 1. The Bertz CT molecular complexity index is 436. The number of nitrogen functional groups attached to an aromatic ring is 1. The van der Waals surface area contributed by atoms with Gasteiger partial charge in [-0.05, 0) is 30.9 Å². The van der Waals surface area contributed by atoms with E-state index in [0.717, 1.165) is 10.8 Å². The first-order valence-electron chi connectivity index (χ1n) is 6.16. The third kappa shape index (κ3) is 2.95. The second-order valence-corrected chi connectivity index (χ2v) is 6.18. The largest absolute Gasteiger partial charge is 0.397 e. The molecule has 0 aliphatic heterocycles. The van der Waals surface area contributed by atoms with Crippen molar-refractivity contribution < 1.29 is 0 Å². The predicted octanol–water partition coefficient (Wildman–Crippen LogP) is 3.81. The summed E-state index contributed by atoms with van der Waals surface area (Å²) in [5, 5.41) is 9.61. The lowest BCUT2D eigenvalue weighted by molar-refractivity contribution is 0.394. The molecule has 1 aliphatic carbocycles. The summed E-state index contributed by atoms with van der Waals surface area (Å²) in [6, 6.07) is 7.87. The minimum absolute atomic E-state index is 0.596. The number of rotatable bonds is 2. The van der Waals surface area contributed by atoms with Crippen molar-refractivity contribution in [2.45, 2.75) is 42.8 Å². The molecule has 2 nitrogen and oxygen atoms in total. The fraction of sp³-hybridized carbons (Fsp3) is 0.500. The summed E-state index contributed by atoms with van der Waals surface area (Å²) in [7, 11) is 0. The van der Waals surface area contributed by atoms with Crippen molar-refractivity contribution in [3.63, 3.8) is 0 Å². The third-order valence-electron chi connectivity index (χ3n) is 3.37. The molecule has 2 unspecified atom stereocenters. The van der Waals surface area contributed by atoms with Crippen LogP contribution in [0.5, 0.6) is 0 Å². The monoisotopic (exact) mass is 246 g/mol. The van der Waals surface area contributed by atoms with Crippen LogP contribution in [0.15, 0.2) is 23.1 Å². The molecule has 2 N–H and O–H groups in total. The van der Waals surface area contributed by atoms with Gasteiger partial charge in [0.05, 0.1) is 11.3 Å². The highest BCUT2D eigenvalue weighted by Gasteiger charge is 2.20. The lowest BCUT2D eigenvalue weighted by Crippen LogP contribution is -2.15. The maximum absolute atomic E-state index is 8.95. The molecule has 1 aliphatic rings. The topological polar surface area (TPSA) is 49.8 Å². The third-order valence-corrected chi connectivity index (χ3v) is 4.74. The van der Waals surface area contributed by atoms with Gasteiger partial charge in [0.25, 0.3) is 0 Å². The standard InChI is InChI=1S/C14H18N2S/c1-10-4-2-6-12(8-10)17-13-7-3-5-11(9-15)14(13)16/h3,5,7,10,12H,2,4,6,8,16H2,1H3. The molecule has 0 bridgehead atoms. The summed E-state index contributed by atoms with van der Waals surface area (Å²) >= 11 is 1.85. The summed E-state index contributed by atoms with van der Waals surface area (Å²) in [4.78, 5) is 1.07. The number of anilines is 1. The Morgan fingerprint density at radius 2 is 2.24 bits per heavy atom. The van der Waals surface area contributed by atoms with Gasteiger partial charge >= 0.3 is 0 Å². The predicted molar refractivity (Wildman–Crippen MR) is 72.8 cm³/mol. The van der Waals surface area contributed by atoms with Gasteiger partial charge < -0.3 is 5.73 Å². The smallest absolute Gasteiger partial charge is 0.101 e. The molecular weight excluding hydrogens is 228 g/mol. The van der Waals surface area contributed by atoms with Gasteiger partial charge in [0.1, 0.15) is 6.07 Å². The zero-order valence-corrected chi connectivity index (χ0v) is 11.0. The van der Waals surface area contributed by atoms with E-state index in [1.54, 1.807) is 6.07 Å². The van der Waals surface area contributed by atoms with Crippen molar-refractivity contribution in [2.24, 2.45) is 5.92 Å². The van der Waals surface area contributed by atoms with Crippen LogP contribution in [0.1, 0.15) is 38.2 Å². The fourth-order valence-electron chi connectivity index (χ4n) is 2.41. The Hall–Kier alpha value is -1.14. The maximum atomic E-state index is 8.95. The molecule has 0 spiro atoms. The van der Waals surface area contributed by atoms with Crippen LogP contribution in [-0.2, 0) is 0 Å². The summed E-state index contributed by atoms with van der Waals surface area (Å²) in [6.45, 7) is 2.32. The summed E-state index contributed by atoms with van der Waals surface area (Å²) in [5.74, 6) is 0.821. The molecule has 0 amide bonds. The fourth-order valence-corrected chi connectivity index (χ4v) is 3.87. The molecule has 0 saturated heterocycles. The Balaban J connectivity index is 2.11.